The van der Waals surface area contributed by atoms with Crippen LogP contribution in [0.3, 0.4) is 0 Å². The first-order chi connectivity index (χ1) is 10.2. The Morgan fingerprint density at radius 1 is 0.857 bits per heavy atom. The van der Waals surface area contributed by atoms with Gasteiger partial charge in [0.2, 0.25) is 0 Å². The Morgan fingerprint density at radius 3 is 1.86 bits per heavy atom. The Morgan fingerprint density at radius 2 is 1.33 bits per heavy atom. The maximum absolute atomic E-state index is 10.4. The summed E-state index contributed by atoms with van der Waals surface area (Å²) in [5.41, 5.74) is 0. The molecule has 2 N–H and O–H groups in total. The number of carbonyl (C=O) groups is 1. The van der Waals surface area contributed by atoms with Crippen LogP contribution in [-0.2, 0) is 4.79 Å². The molecule has 0 rings (SSSR count). The van der Waals surface area contributed by atoms with Crippen molar-refractivity contribution in [3.05, 3.63) is 12.2 Å². The lowest BCUT2D eigenvalue weighted by molar-refractivity contribution is -0.146. The standard InChI is InChI=1S/C18H34O3/c1-2-3-4-5-6-7-8-9-10-11-12-13-14-15-16-17(19)18(20)21/h12-13,17,19H,2-11,14-16H2,1H3,(H,20,21). The number of carboxylic acids is 1. The summed E-state index contributed by atoms with van der Waals surface area (Å²) in [4.78, 5) is 10.4. The molecule has 0 bridgehead atoms. The van der Waals surface area contributed by atoms with Crippen molar-refractivity contribution in [1.82, 2.24) is 0 Å². The second-order valence-corrected chi connectivity index (χ2v) is 5.87. The van der Waals surface area contributed by atoms with E-state index in [2.05, 4.69) is 19.1 Å². The van der Waals surface area contributed by atoms with Crippen LogP contribution in [0.4, 0.5) is 0 Å². The van der Waals surface area contributed by atoms with Crippen molar-refractivity contribution in [2.45, 2.75) is 96.5 Å². The summed E-state index contributed by atoms with van der Waals surface area (Å²) < 4.78 is 0. The first kappa shape index (κ1) is 20.2. The number of rotatable bonds is 15. The molecule has 1 unspecified atom stereocenters. The highest BCUT2D eigenvalue weighted by Gasteiger charge is 2.10. The summed E-state index contributed by atoms with van der Waals surface area (Å²) in [6.45, 7) is 2.25. The molecule has 0 aromatic rings. The summed E-state index contributed by atoms with van der Waals surface area (Å²) in [5, 5.41) is 17.6. The van der Waals surface area contributed by atoms with E-state index < -0.39 is 12.1 Å². The topological polar surface area (TPSA) is 57.5 Å². The number of aliphatic carboxylic acids is 1. The third kappa shape index (κ3) is 15.4. The van der Waals surface area contributed by atoms with Crippen LogP contribution in [0, 0.1) is 0 Å². The minimum absolute atomic E-state index is 0.345. The molecule has 0 heterocycles. The van der Waals surface area contributed by atoms with Crippen LogP contribution in [0.25, 0.3) is 0 Å². The van der Waals surface area contributed by atoms with Crippen LogP contribution >= 0.6 is 0 Å². The van der Waals surface area contributed by atoms with Crippen LogP contribution in [-0.4, -0.2) is 22.3 Å². The zero-order valence-electron chi connectivity index (χ0n) is 13.7. The molecule has 0 aliphatic heterocycles. The molecule has 0 aliphatic carbocycles. The maximum Gasteiger partial charge on any atom is 0.332 e. The molecular weight excluding hydrogens is 264 g/mol. The van der Waals surface area contributed by atoms with Gasteiger partial charge in [0, 0.05) is 0 Å². The highest BCUT2D eigenvalue weighted by Crippen LogP contribution is 2.11. The minimum atomic E-state index is -1.20. The van der Waals surface area contributed by atoms with Gasteiger partial charge >= 0.3 is 5.97 Å². The van der Waals surface area contributed by atoms with E-state index in [0.29, 0.717) is 6.42 Å². The molecular formula is C18H34O3. The van der Waals surface area contributed by atoms with E-state index in [1.165, 1.54) is 57.8 Å². The fourth-order valence-corrected chi connectivity index (χ4v) is 2.36. The number of aliphatic hydroxyl groups excluding tert-OH is 1. The van der Waals surface area contributed by atoms with Crippen LogP contribution < -0.4 is 0 Å². The number of allylic oxidation sites excluding steroid dienone is 2. The van der Waals surface area contributed by atoms with Gasteiger partial charge in [-0.05, 0) is 32.1 Å². The quantitative estimate of drug-likeness (QED) is 0.327. The average molecular weight is 298 g/mol. The van der Waals surface area contributed by atoms with E-state index in [1.807, 2.05) is 0 Å². The summed E-state index contributed by atoms with van der Waals surface area (Å²) in [5.74, 6) is -1.12. The van der Waals surface area contributed by atoms with Gasteiger partial charge in [-0.1, -0.05) is 70.4 Å². The minimum Gasteiger partial charge on any atom is -0.479 e. The van der Waals surface area contributed by atoms with Gasteiger partial charge in [-0.15, -0.1) is 0 Å². The van der Waals surface area contributed by atoms with Crippen molar-refractivity contribution >= 4 is 5.97 Å². The van der Waals surface area contributed by atoms with E-state index in [9.17, 15) is 4.79 Å². The molecule has 0 spiro atoms. The number of unbranched alkanes of at least 4 members (excludes halogenated alkanes) is 10. The maximum atomic E-state index is 10.4. The van der Waals surface area contributed by atoms with Gasteiger partial charge in [-0.3, -0.25) is 0 Å². The van der Waals surface area contributed by atoms with E-state index in [-0.39, 0.29) is 0 Å². The Hall–Kier alpha value is -0.830. The Labute approximate surface area is 130 Å². The Kier molecular flexibility index (Phi) is 14.9. The lowest BCUT2D eigenvalue weighted by Crippen LogP contribution is -2.18. The van der Waals surface area contributed by atoms with Crippen molar-refractivity contribution in [2.75, 3.05) is 0 Å². The lowest BCUT2D eigenvalue weighted by Gasteiger charge is -2.02. The third-order valence-corrected chi connectivity index (χ3v) is 3.77. The molecule has 1 atom stereocenters. The van der Waals surface area contributed by atoms with E-state index in [0.717, 1.165) is 19.3 Å². The van der Waals surface area contributed by atoms with Gasteiger partial charge in [0.15, 0.2) is 6.10 Å². The number of hydrogen-bond donors (Lipinski definition) is 2. The second-order valence-electron chi connectivity index (χ2n) is 5.87. The average Bonchev–Trinajstić information content (AvgIpc) is 2.47. The molecule has 0 fully saturated rings. The van der Waals surface area contributed by atoms with Gasteiger partial charge in [0.1, 0.15) is 0 Å². The molecule has 0 saturated carbocycles. The summed E-state index contributed by atoms with van der Waals surface area (Å²) >= 11 is 0. The normalized spacial score (nSPS) is 12.9. The lowest BCUT2D eigenvalue weighted by atomic mass is 10.1. The predicted octanol–water partition coefficient (Wildman–Crippen LogP) is 5.08. The van der Waals surface area contributed by atoms with Gasteiger partial charge in [-0.2, -0.15) is 0 Å². The molecule has 124 valence electrons. The fraction of sp³-hybridized carbons (Fsp3) is 0.833. The van der Waals surface area contributed by atoms with Crippen molar-refractivity contribution in [3.63, 3.8) is 0 Å². The summed E-state index contributed by atoms with van der Waals surface area (Å²) in [7, 11) is 0. The van der Waals surface area contributed by atoms with Crippen molar-refractivity contribution < 1.29 is 15.0 Å². The molecule has 0 aromatic heterocycles. The van der Waals surface area contributed by atoms with Gasteiger partial charge in [0.05, 0.1) is 0 Å². The van der Waals surface area contributed by atoms with Gasteiger partial charge < -0.3 is 10.2 Å². The monoisotopic (exact) mass is 298 g/mol. The molecule has 21 heavy (non-hydrogen) atoms. The van der Waals surface area contributed by atoms with E-state index in [4.69, 9.17) is 10.2 Å². The molecule has 3 nitrogen and oxygen atoms in total. The molecule has 0 saturated heterocycles. The third-order valence-electron chi connectivity index (χ3n) is 3.77. The zero-order chi connectivity index (χ0) is 15.8. The molecule has 0 aromatic carbocycles. The number of carboxylic acid groups (broad SMARTS) is 1. The van der Waals surface area contributed by atoms with Crippen molar-refractivity contribution in [2.24, 2.45) is 0 Å². The summed E-state index contributed by atoms with van der Waals surface area (Å²) in [6, 6.07) is 0. The number of aliphatic hydroxyl groups is 1. The number of hydrogen-bond acceptors (Lipinski definition) is 2. The van der Waals surface area contributed by atoms with Crippen LogP contribution in [0.1, 0.15) is 90.4 Å². The predicted molar refractivity (Wildman–Crippen MR) is 88.5 cm³/mol. The van der Waals surface area contributed by atoms with Crippen molar-refractivity contribution in [1.29, 1.82) is 0 Å². The van der Waals surface area contributed by atoms with Gasteiger partial charge in [-0.25, -0.2) is 4.79 Å². The summed E-state index contributed by atoms with van der Waals surface area (Å²) in [6.07, 6.45) is 18.4. The Balaban J connectivity index is 3.17. The first-order valence-electron chi connectivity index (χ1n) is 8.74. The molecule has 0 aliphatic rings. The van der Waals surface area contributed by atoms with Crippen LogP contribution in [0.5, 0.6) is 0 Å². The van der Waals surface area contributed by atoms with Gasteiger partial charge in [0.25, 0.3) is 0 Å². The van der Waals surface area contributed by atoms with E-state index >= 15 is 0 Å². The first-order valence-corrected chi connectivity index (χ1v) is 8.74. The van der Waals surface area contributed by atoms with Crippen molar-refractivity contribution in [3.8, 4) is 0 Å². The second kappa shape index (κ2) is 15.6. The molecule has 0 radical (unpaired) electrons. The zero-order valence-corrected chi connectivity index (χ0v) is 13.7. The smallest absolute Gasteiger partial charge is 0.332 e. The molecule has 3 heteroatoms. The fourth-order valence-electron chi connectivity index (χ4n) is 2.36. The highest BCUT2D eigenvalue weighted by molar-refractivity contribution is 5.71. The Bertz CT molecular complexity index is 261. The van der Waals surface area contributed by atoms with Crippen LogP contribution in [0.2, 0.25) is 0 Å². The SMILES string of the molecule is CCCCCCCCCCCC=CCCCC(O)C(=O)O. The van der Waals surface area contributed by atoms with Crippen LogP contribution in [0.15, 0.2) is 12.2 Å². The van der Waals surface area contributed by atoms with E-state index in [1.54, 1.807) is 0 Å². The molecule has 0 amide bonds. The largest absolute Gasteiger partial charge is 0.479 e. The highest BCUT2D eigenvalue weighted by atomic mass is 16.4.